The molecule has 1 saturated carbocycles. The second kappa shape index (κ2) is 5.60. The van der Waals surface area contributed by atoms with Crippen molar-refractivity contribution < 1.29 is 13.5 Å². The van der Waals surface area contributed by atoms with Gasteiger partial charge in [-0.25, -0.2) is 4.98 Å². The highest BCUT2D eigenvalue weighted by molar-refractivity contribution is 5.76. The van der Waals surface area contributed by atoms with Crippen LogP contribution < -0.4 is 10.5 Å². The minimum Gasteiger partial charge on any atom is -0.435 e. The summed E-state index contributed by atoms with van der Waals surface area (Å²) >= 11 is 0. The molecule has 6 heteroatoms. The van der Waals surface area contributed by atoms with E-state index in [0.29, 0.717) is 17.0 Å². The van der Waals surface area contributed by atoms with Crippen molar-refractivity contribution in [1.29, 1.82) is 5.26 Å². The largest absolute Gasteiger partial charge is 0.435 e. The monoisotopic (exact) mass is 301 g/mol. The third kappa shape index (κ3) is 2.84. The molecule has 22 heavy (non-hydrogen) atoms. The average Bonchev–Trinajstić information content (AvgIpc) is 3.30. The van der Waals surface area contributed by atoms with E-state index in [2.05, 4.69) is 9.72 Å². The Balaban J connectivity index is 2.08. The van der Waals surface area contributed by atoms with Crippen molar-refractivity contribution >= 4 is 5.82 Å². The van der Waals surface area contributed by atoms with Gasteiger partial charge in [-0.1, -0.05) is 12.1 Å². The van der Waals surface area contributed by atoms with Gasteiger partial charge in [0.05, 0.1) is 0 Å². The Morgan fingerprint density at radius 1 is 1.32 bits per heavy atom. The Hall–Kier alpha value is -2.68. The number of alkyl halides is 2. The molecule has 0 atom stereocenters. The van der Waals surface area contributed by atoms with E-state index in [1.807, 2.05) is 12.1 Å². The fraction of sp³-hybridized carbons (Fsp3) is 0.250. The molecule has 0 spiro atoms. The lowest BCUT2D eigenvalue weighted by Crippen LogP contribution is -2.03. The molecule has 1 aliphatic carbocycles. The maximum absolute atomic E-state index is 12.3. The molecule has 0 saturated heterocycles. The lowest BCUT2D eigenvalue weighted by atomic mass is 9.99. The zero-order valence-corrected chi connectivity index (χ0v) is 11.6. The molecule has 0 amide bonds. The standard InChI is InChI=1S/C16H13F2N3O/c17-16(18)22-11-3-1-2-10(6-11)12-7-14(9-4-5-9)21-15(20)13(12)8-19/h1-3,6-7,9,16H,4-5H2,(H2,20,21). The van der Waals surface area contributed by atoms with Gasteiger partial charge in [0.15, 0.2) is 0 Å². The third-order valence-corrected chi connectivity index (χ3v) is 3.54. The van der Waals surface area contributed by atoms with Crippen molar-refractivity contribution in [3.05, 3.63) is 41.6 Å². The second-order valence-electron chi connectivity index (χ2n) is 5.15. The van der Waals surface area contributed by atoms with E-state index < -0.39 is 6.61 Å². The molecule has 0 bridgehead atoms. The first kappa shape index (κ1) is 14.3. The molecule has 1 aromatic carbocycles. The fourth-order valence-corrected chi connectivity index (χ4v) is 2.36. The normalized spacial score (nSPS) is 13.9. The predicted octanol–water partition coefficient (Wildman–Crippen LogP) is 3.68. The second-order valence-corrected chi connectivity index (χ2v) is 5.15. The Kier molecular flexibility index (Phi) is 3.63. The van der Waals surface area contributed by atoms with Crippen LogP contribution in [0.15, 0.2) is 30.3 Å². The van der Waals surface area contributed by atoms with Crippen molar-refractivity contribution in [2.24, 2.45) is 0 Å². The zero-order valence-electron chi connectivity index (χ0n) is 11.6. The number of nitriles is 1. The number of hydrogen-bond donors (Lipinski definition) is 1. The summed E-state index contributed by atoms with van der Waals surface area (Å²) in [6, 6.07) is 10.1. The summed E-state index contributed by atoms with van der Waals surface area (Å²) in [5.74, 6) is 0.580. The summed E-state index contributed by atoms with van der Waals surface area (Å²) < 4.78 is 29.1. The van der Waals surface area contributed by atoms with E-state index in [4.69, 9.17) is 5.73 Å². The number of pyridine rings is 1. The van der Waals surface area contributed by atoms with E-state index in [1.165, 1.54) is 12.1 Å². The molecule has 3 rings (SSSR count). The fourth-order valence-electron chi connectivity index (χ4n) is 2.36. The van der Waals surface area contributed by atoms with E-state index >= 15 is 0 Å². The topological polar surface area (TPSA) is 71.9 Å². The summed E-state index contributed by atoms with van der Waals surface area (Å²) in [5.41, 5.74) is 8.15. The SMILES string of the molecule is N#Cc1c(-c2cccc(OC(F)F)c2)cc(C2CC2)nc1N. The highest BCUT2D eigenvalue weighted by Gasteiger charge is 2.27. The van der Waals surface area contributed by atoms with Gasteiger partial charge in [-0.2, -0.15) is 14.0 Å². The van der Waals surface area contributed by atoms with Gasteiger partial charge in [-0.05, 0) is 36.6 Å². The number of nitrogens with two attached hydrogens (primary N) is 1. The number of nitrogens with zero attached hydrogens (tertiary/aromatic N) is 2. The molecule has 1 aromatic heterocycles. The van der Waals surface area contributed by atoms with Crippen molar-refractivity contribution in [3.63, 3.8) is 0 Å². The van der Waals surface area contributed by atoms with E-state index in [-0.39, 0.29) is 17.1 Å². The Morgan fingerprint density at radius 3 is 2.73 bits per heavy atom. The van der Waals surface area contributed by atoms with Crippen LogP contribution in [0.4, 0.5) is 14.6 Å². The molecule has 4 nitrogen and oxygen atoms in total. The van der Waals surface area contributed by atoms with Crippen molar-refractivity contribution in [2.75, 3.05) is 5.73 Å². The van der Waals surface area contributed by atoms with Crippen molar-refractivity contribution in [3.8, 4) is 22.9 Å². The van der Waals surface area contributed by atoms with Gasteiger partial charge in [0.25, 0.3) is 0 Å². The van der Waals surface area contributed by atoms with Crippen molar-refractivity contribution in [2.45, 2.75) is 25.4 Å². The van der Waals surface area contributed by atoms with E-state index in [0.717, 1.165) is 18.5 Å². The highest BCUT2D eigenvalue weighted by atomic mass is 19.3. The smallest absolute Gasteiger partial charge is 0.387 e. The lowest BCUT2D eigenvalue weighted by Gasteiger charge is -2.11. The maximum atomic E-state index is 12.3. The highest BCUT2D eigenvalue weighted by Crippen LogP contribution is 2.41. The van der Waals surface area contributed by atoms with Crippen LogP contribution in [0.3, 0.4) is 0 Å². The van der Waals surface area contributed by atoms with Crippen LogP contribution in [-0.2, 0) is 0 Å². The first-order valence-electron chi connectivity index (χ1n) is 6.84. The van der Waals surface area contributed by atoms with Crippen LogP contribution in [0, 0.1) is 11.3 Å². The van der Waals surface area contributed by atoms with E-state index in [9.17, 15) is 14.0 Å². The van der Waals surface area contributed by atoms with Crippen LogP contribution >= 0.6 is 0 Å². The van der Waals surface area contributed by atoms with Gasteiger partial charge in [0.2, 0.25) is 0 Å². The van der Waals surface area contributed by atoms with Gasteiger partial charge in [0.1, 0.15) is 23.2 Å². The quantitative estimate of drug-likeness (QED) is 0.935. The molecular formula is C16H13F2N3O. The van der Waals surface area contributed by atoms with Crippen molar-refractivity contribution in [1.82, 2.24) is 4.98 Å². The minimum atomic E-state index is -2.89. The summed E-state index contributed by atoms with van der Waals surface area (Å²) in [7, 11) is 0. The molecule has 2 N–H and O–H groups in total. The third-order valence-electron chi connectivity index (χ3n) is 3.54. The number of anilines is 1. The Bertz CT molecular complexity index is 752. The number of rotatable bonds is 4. The molecule has 0 radical (unpaired) electrons. The predicted molar refractivity (Wildman–Crippen MR) is 77.4 cm³/mol. The average molecular weight is 301 g/mol. The van der Waals surface area contributed by atoms with Gasteiger partial charge in [-0.3, -0.25) is 0 Å². The molecule has 1 fully saturated rings. The first-order chi connectivity index (χ1) is 10.6. The Morgan fingerprint density at radius 2 is 2.09 bits per heavy atom. The number of nitrogen functional groups attached to an aromatic ring is 1. The van der Waals surface area contributed by atoms with Crippen LogP contribution in [-0.4, -0.2) is 11.6 Å². The number of halogens is 2. The minimum absolute atomic E-state index is 0.0414. The molecule has 112 valence electrons. The summed E-state index contributed by atoms with van der Waals surface area (Å²) in [4.78, 5) is 4.27. The van der Waals surface area contributed by atoms with Gasteiger partial charge in [0, 0.05) is 17.2 Å². The number of ether oxygens (including phenoxy) is 1. The van der Waals surface area contributed by atoms with Crippen LogP contribution in [0.2, 0.25) is 0 Å². The van der Waals surface area contributed by atoms with Crippen LogP contribution in [0.5, 0.6) is 5.75 Å². The van der Waals surface area contributed by atoms with Crippen LogP contribution in [0.1, 0.15) is 30.0 Å². The number of benzene rings is 1. The molecule has 1 aliphatic rings. The van der Waals surface area contributed by atoms with E-state index in [1.54, 1.807) is 12.1 Å². The van der Waals surface area contributed by atoms with Crippen LogP contribution in [0.25, 0.3) is 11.1 Å². The van der Waals surface area contributed by atoms with Gasteiger partial charge in [-0.15, -0.1) is 0 Å². The summed E-state index contributed by atoms with van der Waals surface area (Å²) in [6.07, 6.45) is 2.10. The maximum Gasteiger partial charge on any atom is 0.387 e. The summed E-state index contributed by atoms with van der Waals surface area (Å²) in [5, 5.41) is 9.30. The lowest BCUT2D eigenvalue weighted by molar-refractivity contribution is -0.0498. The molecule has 2 aromatic rings. The molecule has 1 heterocycles. The summed E-state index contributed by atoms with van der Waals surface area (Å²) in [6.45, 7) is -2.89. The molecular weight excluding hydrogens is 288 g/mol. The Labute approximate surface area is 126 Å². The number of aromatic nitrogens is 1. The molecule has 0 unspecified atom stereocenters. The molecule has 0 aliphatic heterocycles. The van der Waals surface area contributed by atoms with Gasteiger partial charge >= 0.3 is 6.61 Å². The van der Waals surface area contributed by atoms with Gasteiger partial charge < -0.3 is 10.5 Å². The zero-order chi connectivity index (χ0) is 15.7. The first-order valence-corrected chi connectivity index (χ1v) is 6.84. The number of hydrogen-bond acceptors (Lipinski definition) is 4.